The molecule has 10 heteroatoms. The largest absolute Gasteiger partial charge is 0.443 e. The van der Waals surface area contributed by atoms with E-state index in [0.717, 1.165) is 34.8 Å². The highest BCUT2D eigenvalue weighted by Gasteiger charge is 2.46. The number of carbonyl (C=O) groups excluding carboxylic acids is 1. The SMILES string of the molecule is CC(C)(C)OC(=O)N(Sc1cc(Cl)c(NC2(c3ccccc3Br)CC2)cc1F)c1cscn1. The van der Waals surface area contributed by atoms with Gasteiger partial charge >= 0.3 is 6.09 Å². The number of carbonyl (C=O) groups is 1. The van der Waals surface area contributed by atoms with E-state index >= 15 is 4.39 Å². The van der Waals surface area contributed by atoms with E-state index in [1.54, 1.807) is 31.7 Å². The van der Waals surface area contributed by atoms with E-state index in [1.165, 1.54) is 27.8 Å². The fourth-order valence-electron chi connectivity index (χ4n) is 3.27. The Hall–Kier alpha value is -1.81. The fourth-order valence-corrected chi connectivity index (χ4v) is 5.62. The smallest absolute Gasteiger partial charge is 0.426 e. The number of nitrogens with zero attached hydrogens (tertiary/aromatic N) is 2. The van der Waals surface area contributed by atoms with E-state index in [-0.39, 0.29) is 10.4 Å². The Morgan fingerprint density at radius 2 is 2.06 bits per heavy atom. The molecule has 1 aromatic heterocycles. The van der Waals surface area contributed by atoms with Crippen LogP contribution in [0.15, 0.2) is 56.7 Å². The summed E-state index contributed by atoms with van der Waals surface area (Å²) in [6.07, 6.45) is 1.20. The van der Waals surface area contributed by atoms with Crippen LogP contribution in [-0.2, 0) is 10.3 Å². The standard InChI is InChI=1S/C23H22BrClFN3O2S2/c1-22(2,3)31-21(30)29(20-12-32-13-27-20)33-19-10-16(25)18(11-17(19)26)28-23(8-9-23)14-6-4-5-7-15(14)24/h4-7,10-13,28H,8-9H2,1-3H3. The maximum absolute atomic E-state index is 15.2. The second kappa shape index (κ2) is 9.44. The Morgan fingerprint density at radius 3 is 2.67 bits per heavy atom. The number of halogens is 3. The van der Waals surface area contributed by atoms with Crippen LogP contribution in [0.3, 0.4) is 0 Å². The summed E-state index contributed by atoms with van der Waals surface area (Å²) < 4.78 is 22.9. The summed E-state index contributed by atoms with van der Waals surface area (Å²) in [7, 11) is 0. The number of benzene rings is 2. The Morgan fingerprint density at radius 1 is 1.33 bits per heavy atom. The van der Waals surface area contributed by atoms with Gasteiger partial charge in [0, 0.05) is 21.8 Å². The van der Waals surface area contributed by atoms with Crippen LogP contribution in [0.2, 0.25) is 5.02 Å². The minimum absolute atomic E-state index is 0.190. The molecule has 1 aliphatic carbocycles. The molecule has 0 aliphatic heterocycles. The first-order valence-electron chi connectivity index (χ1n) is 10.2. The lowest BCUT2D eigenvalue weighted by atomic mass is 10.0. The third-order valence-electron chi connectivity index (χ3n) is 4.91. The highest BCUT2D eigenvalue weighted by molar-refractivity contribution is 9.10. The van der Waals surface area contributed by atoms with Crippen molar-refractivity contribution in [2.45, 2.75) is 49.6 Å². The lowest BCUT2D eigenvalue weighted by Gasteiger charge is -2.25. The van der Waals surface area contributed by atoms with E-state index in [0.29, 0.717) is 16.5 Å². The molecule has 0 saturated heterocycles. The summed E-state index contributed by atoms with van der Waals surface area (Å²) in [4.78, 5) is 17.2. The average Bonchev–Trinajstić information content (AvgIpc) is 3.29. The van der Waals surface area contributed by atoms with Crippen LogP contribution in [-0.4, -0.2) is 16.7 Å². The van der Waals surface area contributed by atoms with Crippen LogP contribution in [0.4, 0.5) is 20.7 Å². The minimum atomic E-state index is -0.708. The van der Waals surface area contributed by atoms with E-state index in [9.17, 15) is 4.79 Å². The number of hydrogen-bond acceptors (Lipinski definition) is 6. The Bertz CT molecular complexity index is 1170. The van der Waals surface area contributed by atoms with Crippen LogP contribution in [0, 0.1) is 5.82 Å². The van der Waals surface area contributed by atoms with Gasteiger partial charge in [0.2, 0.25) is 0 Å². The van der Waals surface area contributed by atoms with Crippen LogP contribution in [0.25, 0.3) is 0 Å². The number of aromatic nitrogens is 1. The van der Waals surface area contributed by atoms with Gasteiger partial charge in [-0.25, -0.2) is 14.2 Å². The minimum Gasteiger partial charge on any atom is -0.443 e. The molecular formula is C23H22BrClFN3O2S2. The number of anilines is 2. The molecule has 174 valence electrons. The first kappa shape index (κ1) is 24.3. The van der Waals surface area contributed by atoms with E-state index < -0.39 is 17.5 Å². The highest BCUT2D eigenvalue weighted by Crippen LogP contribution is 2.51. The van der Waals surface area contributed by atoms with Crippen LogP contribution in [0.5, 0.6) is 0 Å². The predicted molar refractivity (Wildman–Crippen MR) is 137 cm³/mol. The van der Waals surface area contributed by atoms with E-state index in [4.69, 9.17) is 16.3 Å². The lowest BCUT2D eigenvalue weighted by Crippen LogP contribution is -2.33. The van der Waals surface area contributed by atoms with Gasteiger partial charge in [0.25, 0.3) is 0 Å². The summed E-state index contributed by atoms with van der Waals surface area (Å²) in [5, 5.41) is 5.49. The van der Waals surface area contributed by atoms with Gasteiger partial charge in [-0.2, -0.15) is 4.31 Å². The molecule has 3 aromatic rings. The zero-order chi connectivity index (χ0) is 23.8. The summed E-state index contributed by atoms with van der Waals surface area (Å²) in [5.41, 5.74) is 2.22. The highest BCUT2D eigenvalue weighted by atomic mass is 79.9. The molecule has 0 bridgehead atoms. The van der Waals surface area contributed by atoms with Gasteiger partial charge in [0.1, 0.15) is 11.4 Å². The maximum atomic E-state index is 15.2. The van der Waals surface area contributed by atoms with E-state index in [2.05, 4.69) is 26.2 Å². The van der Waals surface area contributed by atoms with Gasteiger partial charge in [0.05, 0.1) is 26.7 Å². The number of nitrogens with one attached hydrogen (secondary N) is 1. The molecule has 1 aliphatic rings. The molecule has 0 unspecified atom stereocenters. The lowest BCUT2D eigenvalue weighted by molar-refractivity contribution is 0.0611. The number of ether oxygens (including phenoxy) is 1. The molecule has 1 fully saturated rings. The zero-order valence-corrected chi connectivity index (χ0v) is 22.2. The quantitative estimate of drug-likeness (QED) is 0.302. The van der Waals surface area contributed by atoms with Crippen LogP contribution < -0.4 is 9.62 Å². The van der Waals surface area contributed by atoms with Crippen molar-refractivity contribution in [3.05, 3.63) is 68.2 Å². The third-order valence-corrected chi connectivity index (χ3v) is 7.52. The van der Waals surface area contributed by atoms with Crippen molar-refractivity contribution >= 4 is 68.4 Å². The second-order valence-corrected chi connectivity index (χ2v) is 11.6. The van der Waals surface area contributed by atoms with Gasteiger partial charge < -0.3 is 10.1 Å². The second-order valence-electron chi connectivity index (χ2n) is 8.66. The number of thiazole rings is 1. The third kappa shape index (κ3) is 5.65. The summed E-state index contributed by atoms with van der Waals surface area (Å²) in [6, 6.07) is 10.9. The number of rotatable bonds is 6. The Labute approximate surface area is 213 Å². The summed E-state index contributed by atoms with van der Waals surface area (Å²) >= 11 is 12.4. The average molecular weight is 571 g/mol. The van der Waals surface area contributed by atoms with Crippen molar-refractivity contribution in [3.8, 4) is 0 Å². The molecule has 1 saturated carbocycles. The molecule has 33 heavy (non-hydrogen) atoms. The van der Waals surface area contributed by atoms with Gasteiger partial charge in [-0.1, -0.05) is 45.7 Å². The summed E-state index contributed by atoms with van der Waals surface area (Å²) in [5.74, 6) is -0.138. The fraction of sp³-hybridized carbons (Fsp3) is 0.304. The molecule has 5 nitrogen and oxygen atoms in total. The van der Waals surface area contributed by atoms with Gasteiger partial charge in [-0.15, -0.1) is 11.3 Å². The first-order chi connectivity index (χ1) is 15.6. The molecule has 0 spiro atoms. The Kier molecular flexibility index (Phi) is 6.96. The maximum Gasteiger partial charge on any atom is 0.426 e. The van der Waals surface area contributed by atoms with E-state index in [1.807, 2.05) is 24.3 Å². The first-order valence-corrected chi connectivity index (χ1v) is 13.1. The van der Waals surface area contributed by atoms with Crippen molar-refractivity contribution in [1.29, 1.82) is 0 Å². The van der Waals surface area contributed by atoms with Gasteiger partial charge in [0.15, 0.2) is 5.82 Å². The van der Waals surface area contributed by atoms with Crippen molar-refractivity contribution in [3.63, 3.8) is 0 Å². The molecular weight excluding hydrogens is 549 g/mol. The summed E-state index contributed by atoms with van der Waals surface area (Å²) in [6.45, 7) is 5.31. The monoisotopic (exact) mass is 569 g/mol. The van der Waals surface area contributed by atoms with Crippen molar-refractivity contribution in [2.24, 2.45) is 0 Å². The van der Waals surface area contributed by atoms with Crippen molar-refractivity contribution in [2.75, 3.05) is 9.62 Å². The number of hydrogen-bond donors (Lipinski definition) is 1. The van der Waals surface area contributed by atoms with Crippen LogP contribution >= 0.6 is 50.8 Å². The van der Waals surface area contributed by atoms with Crippen molar-refractivity contribution in [1.82, 2.24) is 4.98 Å². The topological polar surface area (TPSA) is 54.5 Å². The Balaban J connectivity index is 1.59. The van der Waals surface area contributed by atoms with Gasteiger partial charge in [-0.3, -0.25) is 0 Å². The molecule has 2 aromatic carbocycles. The van der Waals surface area contributed by atoms with Crippen LogP contribution in [0.1, 0.15) is 39.2 Å². The van der Waals surface area contributed by atoms with Gasteiger partial charge in [-0.05, 0) is 57.4 Å². The molecule has 0 radical (unpaired) electrons. The normalized spacial score (nSPS) is 14.6. The zero-order valence-electron chi connectivity index (χ0n) is 18.2. The molecule has 1 amide bonds. The van der Waals surface area contributed by atoms with Crippen molar-refractivity contribution < 1.29 is 13.9 Å². The molecule has 0 atom stereocenters. The number of amides is 1. The molecule has 4 rings (SSSR count). The predicted octanol–water partition coefficient (Wildman–Crippen LogP) is 8.25. The molecule has 1 heterocycles. The molecule has 1 N–H and O–H groups in total.